The summed E-state index contributed by atoms with van der Waals surface area (Å²) in [5.74, 6) is 0. The van der Waals surface area contributed by atoms with Gasteiger partial charge in [-0.05, 0) is 25.1 Å². The van der Waals surface area contributed by atoms with Crippen LogP contribution in [0.2, 0.25) is 0 Å². The highest BCUT2D eigenvalue weighted by Gasteiger charge is 2.20. The van der Waals surface area contributed by atoms with Crippen molar-refractivity contribution < 1.29 is 8.78 Å². The molecule has 14 heavy (non-hydrogen) atoms. The number of rotatable bonds is 4. The maximum absolute atomic E-state index is 12.6. The van der Waals surface area contributed by atoms with Crippen LogP contribution >= 0.6 is 0 Å². The van der Waals surface area contributed by atoms with E-state index in [1.165, 1.54) is 6.20 Å². The van der Waals surface area contributed by atoms with E-state index in [2.05, 4.69) is 10.3 Å². The third-order valence-corrected chi connectivity index (χ3v) is 1.97. The Hall–Kier alpha value is -1.03. The van der Waals surface area contributed by atoms with Gasteiger partial charge in [0.1, 0.15) is 0 Å². The summed E-state index contributed by atoms with van der Waals surface area (Å²) in [7, 11) is 0. The number of aryl methyl sites for hydroxylation is 1. The smallest absolute Gasteiger partial charge is 0.257 e. The number of alkyl halides is 2. The van der Waals surface area contributed by atoms with Crippen molar-refractivity contribution >= 4 is 0 Å². The van der Waals surface area contributed by atoms with E-state index in [0.717, 1.165) is 5.69 Å². The molecule has 0 saturated carbocycles. The van der Waals surface area contributed by atoms with E-state index in [-0.39, 0.29) is 0 Å². The minimum absolute atomic E-state index is 0.517. The first-order valence-electron chi connectivity index (χ1n) is 4.59. The molecule has 2 nitrogen and oxygen atoms in total. The molecule has 0 bridgehead atoms. The van der Waals surface area contributed by atoms with E-state index in [1.54, 1.807) is 19.1 Å². The van der Waals surface area contributed by atoms with Crippen LogP contribution in [0.1, 0.15) is 24.2 Å². The summed E-state index contributed by atoms with van der Waals surface area (Å²) in [6, 6.07) is 2.51. The lowest BCUT2D eigenvalue weighted by Crippen LogP contribution is -2.27. The lowest BCUT2D eigenvalue weighted by atomic mass is 10.1. The molecule has 4 heteroatoms. The molecule has 78 valence electrons. The average Bonchev–Trinajstić information content (AvgIpc) is 2.15. The lowest BCUT2D eigenvalue weighted by Gasteiger charge is -2.16. The third-order valence-electron chi connectivity index (χ3n) is 1.97. The normalized spacial score (nSPS) is 13.2. The van der Waals surface area contributed by atoms with Gasteiger partial charge in [-0.2, -0.15) is 0 Å². The number of halogens is 2. The molecular formula is C10H14F2N2. The molecular weight excluding hydrogens is 186 g/mol. The number of nitrogens with one attached hydrogen (secondary N) is 1. The minimum Gasteiger partial charge on any atom is -0.305 e. The number of nitrogens with zero attached hydrogens (tertiary/aromatic N) is 1. The van der Waals surface area contributed by atoms with Gasteiger partial charge in [0.25, 0.3) is 6.43 Å². The highest BCUT2D eigenvalue weighted by Crippen LogP contribution is 2.19. The monoisotopic (exact) mass is 200 g/mol. The number of hydrogen-bond acceptors (Lipinski definition) is 2. The molecule has 0 radical (unpaired) electrons. The molecule has 1 aromatic heterocycles. The Morgan fingerprint density at radius 1 is 1.43 bits per heavy atom. The van der Waals surface area contributed by atoms with Crippen LogP contribution in [0.15, 0.2) is 18.3 Å². The van der Waals surface area contributed by atoms with Crippen molar-refractivity contribution in [2.75, 3.05) is 6.54 Å². The van der Waals surface area contributed by atoms with Gasteiger partial charge < -0.3 is 5.32 Å². The van der Waals surface area contributed by atoms with Gasteiger partial charge in [0, 0.05) is 11.9 Å². The standard InChI is InChI=1S/C10H14F2N2/c1-3-13-9(10(11)12)8-5-4-7(2)14-6-8/h4-6,9-10,13H,3H2,1-2H3. The number of hydrogen-bond donors (Lipinski definition) is 1. The summed E-state index contributed by atoms with van der Waals surface area (Å²) in [6.45, 7) is 4.15. The summed E-state index contributed by atoms with van der Waals surface area (Å²) < 4.78 is 25.2. The fourth-order valence-electron chi connectivity index (χ4n) is 1.24. The van der Waals surface area contributed by atoms with Gasteiger partial charge >= 0.3 is 0 Å². The first kappa shape index (κ1) is 11.0. The lowest BCUT2D eigenvalue weighted by molar-refractivity contribution is 0.0991. The maximum Gasteiger partial charge on any atom is 0.257 e. The van der Waals surface area contributed by atoms with Crippen molar-refractivity contribution in [2.24, 2.45) is 0 Å². The Bertz CT molecular complexity index is 272. The van der Waals surface area contributed by atoms with E-state index >= 15 is 0 Å². The predicted octanol–water partition coefficient (Wildman–Crippen LogP) is 2.31. The molecule has 0 aliphatic heterocycles. The van der Waals surface area contributed by atoms with Crippen LogP contribution in [0, 0.1) is 6.92 Å². The Balaban J connectivity index is 2.82. The molecule has 0 amide bonds. The summed E-state index contributed by atoms with van der Waals surface area (Å²) in [6.07, 6.45) is -0.908. The van der Waals surface area contributed by atoms with E-state index in [0.29, 0.717) is 12.1 Å². The Morgan fingerprint density at radius 3 is 2.57 bits per heavy atom. The highest BCUT2D eigenvalue weighted by molar-refractivity contribution is 5.17. The molecule has 0 spiro atoms. The minimum atomic E-state index is -2.40. The van der Waals surface area contributed by atoms with Gasteiger partial charge in [-0.15, -0.1) is 0 Å². The first-order valence-corrected chi connectivity index (χ1v) is 4.59. The van der Waals surface area contributed by atoms with Crippen LogP contribution in [0.4, 0.5) is 8.78 Å². The van der Waals surface area contributed by atoms with E-state index in [9.17, 15) is 8.78 Å². The summed E-state index contributed by atoms with van der Waals surface area (Å²) in [5.41, 5.74) is 1.37. The van der Waals surface area contributed by atoms with Crippen LogP contribution in [-0.2, 0) is 0 Å². The molecule has 0 aromatic carbocycles. The third kappa shape index (κ3) is 2.73. The van der Waals surface area contributed by atoms with Gasteiger partial charge in [0.2, 0.25) is 0 Å². The predicted molar refractivity (Wildman–Crippen MR) is 51.4 cm³/mol. The summed E-state index contributed by atoms with van der Waals surface area (Å²) in [5, 5.41) is 2.73. The van der Waals surface area contributed by atoms with E-state index in [1.807, 2.05) is 6.92 Å². The second-order valence-corrected chi connectivity index (χ2v) is 3.10. The first-order chi connectivity index (χ1) is 6.65. The van der Waals surface area contributed by atoms with Crippen LogP contribution in [-0.4, -0.2) is 18.0 Å². The fraction of sp³-hybridized carbons (Fsp3) is 0.500. The second-order valence-electron chi connectivity index (χ2n) is 3.10. The van der Waals surface area contributed by atoms with Crippen molar-refractivity contribution in [1.29, 1.82) is 0 Å². The van der Waals surface area contributed by atoms with Crippen molar-refractivity contribution in [1.82, 2.24) is 10.3 Å². The largest absolute Gasteiger partial charge is 0.305 e. The van der Waals surface area contributed by atoms with Gasteiger partial charge in [-0.3, -0.25) is 4.98 Å². The average molecular weight is 200 g/mol. The molecule has 1 rings (SSSR count). The number of aromatic nitrogens is 1. The molecule has 0 aliphatic rings. The molecule has 1 N–H and O–H groups in total. The second kappa shape index (κ2) is 5.00. The molecule has 0 fully saturated rings. The quantitative estimate of drug-likeness (QED) is 0.806. The Morgan fingerprint density at radius 2 is 2.14 bits per heavy atom. The van der Waals surface area contributed by atoms with Gasteiger partial charge in [0.15, 0.2) is 0 Å². The Kier molecular flexibility index (Phi) is 3.95. The molecule has 1 aromatic rings. The van der Waals surface area contributed by atoms with Crippen LogP contribution in [0.3, 0.4) is 0 Å². The van der Waals surface area contributed by atoms with Crippen LogP contribution < -0.4 is 5.32 Å². The summed E-state index contributed by atoms with van der Waals surface area (Å²) >= 11 is 0. The van der Waals surface area contributed by atoms with Crippen molar-refractivity contribution in [3.8, 4) is 0 Å². The van der Waals surface area contributed by atoms with Crippen LogP contribution in [0.5, 0.6) is 0 Å². The van der Waals surface area contributed by atoms with E-state index < -0.39 is 12.5 Å². The van der Waals surface area contributed by atoms with Gasteiger partial charge in [-0.25, -0.2) is 8.78 Å². The maximum atomic E-state index is 12.6. The van der Waals surface area contributed by atoms with Crippen molar-refractivity contribution in [3.05, 3.63) is 29.6 Å². The van der Waals surface area contributed by atoms with Crippen molar-refractivity contribution in [2.45, 2.75) is 26.3 Å². The summed E-state index contributed by atoms with van der Waals surface area (Å²) in [4.78, 5) is 3.99. The SMILES string of the molecule is CCNC(c1ccc(C)nc1)C(F)F. The zero-order chi connectivity index (χ0) is 10.6. The molecule has 1 unspecified atom stereocenters. The molecule has 0 saturated heterocycles. The zero-order valence-electron chi connectivity index (χ0n) is 8.30. The number of pyridine rings is 1. The van der Waals surface area contributed by atoms with E-state index in [4.69, 9.17) is 0 Å². The van der Waals surface area contributed by atoms with Gasteiger partial charge in [0.05, 0.1) is 6.04 Å². The zero-order valence-corrected chi connectivity index (χ0v) is 8.30. The molecule has 1 atom stereocenters. The molecule has 1 heterocycles. The van der Waals surface area contributed by atoms with Gasteiger partial charge in [-0.1, -0.05) is 13.0 Å². The highest BCUT2D eigenvalue weighted by atomic mass is 19.3. The van der Waals surface area contributed by atoms with Crippen LogP contribution in [0.25, 0.3) is 0 Å². The van der Waals surface area contributed by atoms with Crippen molar-refractivity contribution in [3.63, 3.8) is 0 Å². The fourth-order valence-corrected chi connectivity index (χ4v) is 1.24. The Labute approximate surface area is 82.4 Å². The topological polar surface area (TPSA) is 24.9 Å². The molecule has 0 aliphatic carbocycles.